The Labute approximate surface area is 133 Å². The molecule has 0 aliphatic carbocycles. The van der Waals surface area contributed by atoms with Crippen LogP contribution in [0.5, 0.6) is 0 Å². The van der Waals surface area contributed by atoms with Gasteiger partial charge in [0.25, 0.3) is 5.78 Å². The SMILES string of the molecule is C[C@H]1c2ccsc2CC[NH+]1CN1C(=O)C(=O)c2ccccc21. The van der Waals surface area contributed by atoms with Crippen molar-refractivity contribution in [1.82, 2.24) is 0 Å². The van der Waals surface area contributed by atoms with Crippen molar-refractivity contribution in [3.63, 3.8) is 0 Å². The van der Waals surface area contributed by atoms with Crippen molar-refractivity contribution in [1.29, 1.82) is 0 Å². The molecular formula is C17H17N2O2S+. The molecule has 0 saturated carbocycles. The van der Waals surface area contributed by atoms with Gasteiger partial charge in [-0.2, -0.15) is 0 Å². The Morgan fingerprint density at radius 2 is 2.09 bits per heavy atom. The second-order valence-electron chi connectivity index (χ2n) is 5.92. The number of nitrogens with one attached hydrogen (secondary N) is 1. The lowest BCUT2D eigenvalue weighted by molar-refractivity contribution is -0.930. The van der Waals surface area contributed by atoms with Gasteiger partial charge in [-0.1, -0.05) is 12.1 Å². The van der Waals surface area contributed by atoms with E-state index in [-0.39, 0.29) is 5.78 Å². The van der Waals surface area contributed by atoms with Crippen LogP contribution < -0.4 is 9.80 Å². The number of nitrogens with zero attached hydrogens (tertiary/aromatic N) is 1. The molecule has 1 unspecified atom stereocenters. The highest BCUT2D eigenvalue weighted by Crippen LogP contribution is 2.28. The molecular weight excluding hydrogens is 296 g/mol. The van der Waals surface area contributed by atoms with Gasteiger partial charge in [-0.25, -0.2) is 0 Å². The fraction of sp³-hybridized carbons (Fsp3) is 0.294. The third kappa shape index (κ3) is 1.93. The zero-order valence-electron chi connectivity index (χ0n) is 12.3. The molecule has 3 heterocycles. The minimum absolute atomic E-state index is 0.352. The van der Waals surface area contributed by atoms with E-state index in [9.17, 15) is 9.59 Å². The summed E-state index contributed by atoms with van der Waals surface area (Å²) in [5.74, 6) is -0.770. The standard InChI is InChI=1S/C17H16N2O2S/c1-11-12-7-9-22-15(12)6-8-18(11)10-19-14-5-3-2-4-13(14)16(20)17(19)21/h2-5,7,9,11H,6,8,10H2,1H3/p+1/t11-/m0/s1. The number of para-hydroxylation sites is 1. The molecule has 0 fully saturated rings. The van der Waals surface area contributed by atoms with Crippen LogP contribution in [0.25, 0.3) is 0 Å². The second-order valence-corrected chi connectivity index (χ2v) is 6.92. The van der Waals surface area contributed by atoms with Crippen molar-refractivity contribution >= 4 is 28.7 Å². The molecule has 0 saturated heterocycles. The van der Waals surface area contributed by atoms with Gasteiger partial charge in [-0.05, 0) is 30.5 Å². The lowest BCUT2D eigenvalue weighted by atomic mass is 10.0. The van der Waals surface area contributed by atoms with Crippen LogP contribution in [0.4, 0.5) is 5.69 Å². The number of hydrogen-bond acceptors (Lipinski definition) is 3. The molecule has 0 spiro atoms. The number of benzene rings is 1. The number of anilines is 1. The largest absolute Gasteiger partial charge is 0.311 e. The number of thiophene rings is 1. The summed E-state index contributed by atoms with van der Waals surface area (Å²) in [6, 6.07) is 9.83. The minimum atomic E-state index is -0.392. The minimum Gasteiger partial charge on any atom is -0.311 e. The van der Waals surface area contributed by atoms with E-state index < -0.39 is 5.91 Å². The van der Waals surface area contributed by atoms with Gasteiger partial charge >= 0.3 is 5.91 Å². The molecule has 2 atom stereocenters. The van der Waals surface area contributed by atoms with Crippen molar-refractivity contribution in [2.45, 2.75) is 19.4 Å². The number of carbonyl (C=O) groups is 2. The summed E-state index contributed by atoms with van der Waals surface area (Å²) in [5.41, 5.74) is 2.68. The molecule has 4 nitrogen and oxygen atoms in total. The highest BCUT2D eigenvalue weighted by atomic mass is 32.1. The van der Waals surface area contributed by atoms with Crippen molar-refractivity contribution in [3.8, 4) is 0 Å². The number of amides is 1. The summed E-state index contributed by atoms with van der Waals surface area (Å²) >= 11 is 1.82. The Balaban J connectivity index is 1.62. The van der Waals surface area contributed by atoms with E-state index in [2.05, 4.69) is 18.4 Å². The number of quaternary nitrogens is 1. The number of fused-ring (bicyclic) bond motifs is 2. The van der Waals surface area contributed by atoms with Gasteiger partial charge in [0.2, 0.25) is 0 Å². The maximum atomic E-state index is 12.3. The molecule has 2 aliphatic rings. The molecule has 2 aromatic rings. The predicted octanol–water partition coefficient (Wildman–Crippen LogP) is 1.44. The van der Waals surface area contributed by atoms with Crippen LogP contribution >= 0.6 is 11.3 Å². The fourth-order valence-corrected chi connectivity index (χ4v) is 4.45. The average Bonchev–Trinajstić information content (AvgIpc) is 3.10. The van der Waals surface area contributed by atoms with E-state index in [1.54, 1.807) is 11.0 Å². The number of ketones is 1. The Hall–Kier alpha value is -1.98. The summed E-state index contributed by atoms with van der Waals surface area (Å²) in [6.45, 7) is 3.75. The first kappa shape index (κ1) is 13.7. The number of hydrogen-bond donors (Lipinski definition) is 1. The van der Waals surface area contributed by atoms with Gasteiger partial charge < -0.3 is 4.90 Å². The fourth-order valence-electron chi connectivity index (χ4n) is 3.47. The maximum absolute atomic E-state index is 12.3. The van der Waals surface area contributed by atoms with Crippen molar-refractivity contribution < 1.29 is 14.5 Å². The van der Waals surface area contributed by atoms with Gasteiger partial charge in [-0.15, -0.1) is 11.3 Å². The van der Waals surface area contributed by atoms with Crippen LogP contribution in [0, 0.1) is 0 Å². The van der Waals surface area contributed by atoms with Crippen LogP contribution in [-0.4, -0.2) is 24.9 Å². The van der Waals surface area contributed by atoms with Gasteiger partial charge in [-0.3, -0.25) is 14.5 Å². The van der Waals surface area contributed by atoms with E-state index in [0.717, 1.165) is 18.7 Å². The Bertz CT molecular complexity index is 768. The summed E-state index contributed by atoms with van der Waals surface area (Å²) in [7, 11) is 0. The third-order valence-electron chi connectivity index (χ3n) is 4.77. The topological polar surface area (TPSA) is 41.8 Å². The van der Waals surface area contributed by atoms with Crippen molar-refractivity contribution in [2.24, 2.45) is 0 Å². The second kappa shape index (κ2) is 5.04. The lowest BCUT2D eigenvalue weighted by Crippen LogP contribution is -3.14. The Morgan fingerprint density at radius 1 is 1.27 bits per heavy atom. The summed E-state index contributed by atoms with van der Waals surface area (Å²) < 4.78 is 0. The molecule has 22 heavy (non-hydrogen) atoms. The molecule has 1 amide bonds. The van der Waals surface area contributed by atoms with Crippen LogP contribution in [0.2, 0.25) is 0 Å². The normalized spacial score (nSPS) is 23.6. The van der Waals surface area contributed by atoms with Gasteiger partial charge in [0, 0.05) is 16.9 Å². The van der Waals surface area contributed by atoms with E-state index in [4.69, 9.17) is 0 Å². The molecule has 1 N–H and O–H groups in total. The first-order valence-electron chi connectivity index (χ1n) is 7.53. The van der Waals surface area contributed by atoms with Gasteiger partial charge in [0.1, 0.15) is 6.04 Å². The quantitative estimate of drug-likeness (QED) is 0.853. The van der Waals surface area contributed by atoms with E-state index in [1.807, 2.05) is 29.5 Å². The smallest absolute Gasteiger partial charge is 0.303 e. The van der Waals surface area contributed by atoms with Crippen molar-refractivity contribution in [2.75, 3.05) is 18.1 Å². The van der Waals surface area contributed by atoms with Crippen LogP contribution in [-0.2, 0) is 11.2 Å². The first-order valence-corrected chi connectivity index (χ1v) is 8.41. The number of Topliss-reactive ketones (excluding diaryl/α,β-unsaturated/α-hetero) is 1. The van der Waals surface area contributed by atoms with Crippen LogP contribution in [0.15, 0.2) is 35.7 Å². The molecule has 1 aromatic heterocycles. The number of carbonyl (C=O) groups excluding carboxylic acids is 2. The number of rotatable bonds is 2. The maximum Gasteiger partial charge on any atom is 0.303 e. The van der Waals surface area contributed by atoms with E-state index in [0.29, 0.717) is 18.3 Å². The molecule has 0 bridgehead atoms. The zero-order valence-corrected chi connectivity index (χ0v) is 13.2. The summed E-state index contributed by atoms with van der Waals surface area (Å²) in [5, 5.41) is 2.14. The van der Waals surface area contributed by atoms with Crippen molar-refractivity contribution in [3.05, 3.63) is 51.7 Å². The lowest BCUT2D eigenvalue weighted by Gasteiger charge is -2.33. The van der Waals surface area contributed by atoms with E-state index in [1.165, 1.54) is 15.3 Å². The van der Waals surface area contributed by atoms with Gasteiger partial charge in [0.05, 0.1) is 17.8 Å². The molecule has 2 aliphatic heterocycles. The monoisotopic (exact) mass is 313 g/mol. The Morgan fingerprint density at radius 3 is 2.95 bits per heavy atom. The molecule has 0 radical (unpaired) electrons. The molecule has 1 aromatic carbocycles. The Kier molecular flexibility index (Phi) is 3.13. The average molecular weight is 313 g/mol. The molecule has 4 rings (SSSR count). The first-order chi connectivity index (χ1) is 10.7. The zero-order chi connectivity index (χ0) is 15.3. The van der Waals surface area contributed by atoms with Crippen LogP contribution in [0.1, 0.15) is 33.8 Å². The summed E-state index contributed by atoms with van der Waals surface area (Å²) in [6.07, 6.45) is 1.05. The van der Waals surface area contributed by atoms with Gasteiger partial charge in [0.15, 0.2) is 6.67 Å². The van der Waals surface area contributed by atoms with E-state index >= 15 is 0 Å². The highest BCUT2D eigenvalue weighted by molar-refractivity contribution is 7.10. The highest BCUT2D eigenvalue weighted by Gasteiger charge is 2.39. The molecule has 112 valence electrons. The van der Waals surface area contributed by atoms with Crippen LogP contribution in [0.3, 0.4) is 0 Å². The summed E-state index contributed by atoms with van der Waals surface area (Å²) in [4.78, 5) is 28.8. The molecule has 5 heteroatoms. The predicted molar refractivity (Wildman–Crippen MR) is 85.4 cm³/mol. The third-order valence-corrected chi connectivity index (χ3v) is 5.77.